The average molecular weight is 238 g/mol. The molecular formula is C13H26N4. The molecule has 1 aromatic rings. The summed E-state index contributed by atoms with van der Waals surface area (Å²) in [5, 5.41) is 3.46. The van der Waals surface area contributed by atoms with Crippen molar-refractivity contribution in [3.8, 4) is 0 Å². The second kappa shape index (κ2) is 10.3. The van der Waals surface area contributed by atoms with Crippen LogP contribution in [0.3, 0.4) is 0 Å². The normalized spacial score (nSPS) is 10.9. The number of hydrogen-bond donors (Lipinski definition) is 3. The summed E-state index contributed by atoms with van der Waals surface area (Å²) in [6.07, 6.45) is 12.4. The number of nitrogens with one attached hydrogen (secondary N) is 2. The van der Waals surface area contributed by atoms with Crippen molar-refractivity contribution in [1.29, 1.82) is 0 Å². The molecule has 0 fully saturated rings. The summed E-state index contributed by atoms with van der Waals surface area (Å²) in [4.78, 5) is 7.10. The zero-order chi connectivity index (χ0) is 12.2. The van der Waals surface area contributed by atoms with E-state index in [9.17, 15) is 0 Å². The summed E-state index contributed by atoms with van der Waals surface area (Å²) in [7, 11) is 0. The lowest BCUT2D eigenvalue weighted by Crippen LogP contribution is -2.18. The average Bonchev–Trinajstić information content (AvgIpc) is 2.85. The Balaban J connectivity index is 1.76. The van der Waals surface area contributed by atoms with E-state index in [1.165, 1.54) is 44.2 Å². The van der Waals surface area contributed by atoms with Gasteiger partial charge in [-0.25, -0.2) is 4.98 Å². The molecule has 0 aliphatic carbocycles. The fraction of sp³-hybridized carbons (Fsp3) is 0.769. The number of rotatable bonds is 11. The van der Waals surface area contributed by atoms with Gasteiger partial charge in [-0.2, -0.15) is 0 Å². The van der Waals surface area contributed by atoms with Crippen molar-refractivity contribution in [3.05, 3.63) is 18.2 Å². The number of aromatic nitrogens is 2. The van der Waals surface area contributed by atoms with Crippen LogP contribution in [0.25, 0.3) is 0 Å². The Hall–Kier alpha value is -0.870. The molecule has 1 rings (SSSR count). The highest BCUT2D eigenvalue weighted by atomic mass is 14.9. The van der Waals surface area contributed by atoms with E-state index in [-0.39, 0.29) is 0 Å². The van der Waals surface area contributed by atoms with Gasteiger partial charge >= 0.3 is 0 Å². The first-order valence-corrected chi connectivity index (χ1v) is 6.81. The molecule has 0 saturated heterocycles. The number of aromatic amines is 1. The molecule has 0 aliphatic rings. The SMILES string of the molecule is NCCCCCCCCNCCc1cnc[nH]1. The van der Waals surface area contributed by atoms with Crippen LogP contribution >= 0.6 is 0 Å². The number of hydrogen-bond acceptors (Lipinski definition) is 3. The molecule has 0 atom stereocenters. The summed E-state index contributed by atoms with van der Waals surface area (Å²) >= 11 is 0. The van der Waals surface area contributed by atoms with Gasteiger partial charge in [-0.3, -0.25) is 0 Å². The minimum atomic E-state index is 0.842. The van der Waals surface area contributed by atoms with Gasteiger partial charge in [0, 0.05) is 24.9 Å². The molecule has 0 radical (unpaired) electrons. The Bertz CT molecular complexity index is 246. The van der Waals surface area contributed by atoms with Gasteiger partial charge in [0.1, 0.15) is 0 Å². The lowest BCUT2D eigenvalue weighted by atomic mass is 10.1. The van der Waals surface area contributed by atoms with Gasteiger partial charge in [0.2, 0.25) is 0 Å². The predicted molar refractivity (Wildman–Crippen MR) is 71.9 cm³/mol. The molecule has 1 aromatic heterocycles. The topological polar surface area (TPSA) is 66.7 Å². The van der Waals surface area contributed by atoms with Crippen molar-refractivity contribution in [2.24, 2.45) is 5.73 Å². The summed E-state index contributed by atoms with van der Waals surface area (Å²) in [6, 6.07) is 0. The molecule has 98 valence electrons. The molecule has 0 aromatic carbocycles. The van der Waals surface area contributed by atoms with Crippen molar-refractivity contribution in [2.75, 3.05) is 19.6 Å². The van der Waals surface area contributed by atoms with Crippen LogP contribution in [0.4, 0.5) is 0 Å². The van der Waals surface area contributed by atoms with Crippen LogP contribution in [0.15, 0.2) is 12.5 Å². The number of unbranched alkanes of at least 4 members (excludes halogenated alkanes) is 5. The Morgan fingerprint density at radius 1 is 1.06 bits per heavy atom. The molecule has 4 nitrogen and oxygen atoms in total. The van der Waals surface area contributed by atoms with E-state index in [0.29, 0.717) is 0 Å². The lowest BCUT2D eigenvalue weighted by molar-refractivity contribution is 0.567. The second-order valence-corrected chi connectivity index (χ2v) is 4.49. The van der Waals surface area contributed by atoms with Gasteiger partial charge in [0.25, 0.3) is 0 Å². The van der Waals surface area contributed by atoms with E-state index >= 15 is 0 Å². The first-order valence-electron chi connectivity index (χ1n) is 6.81. The molecule has 4 N–H and O–H groups in total. The highest BCUT2D eigenvalue weighted by Crippen LogP contribution is 2.03. The first kappa shape index (κ1) is 14.2. The Labute approximate surface area is 104 Å². The zero-order valence-corrected chi connectivity index (χ0v) is 10.8. The smallest absolute Gasteiger partial charge is 0.0921 e. The molecule has 17 heavy (non-hydrogen) atoms. The molecule has 0 spiro atoms. The van der Waals surface area contributed by atoms with Crippen molar-refractivity contribution in [2.45, 2.75) is 44.9 Å². The van der Waals surface area contributed by atoms with Gasteiger partial charge in [0.15, 0.2) is 0 Å². The lowest BCUT2D eigenvalue weighted by Gasteiger charge is -2.03. The van der Waals surface area contributed by atoms with E-state index in [1.54, 1.807) is 6.33 Å². The van der Waals surface area contributed by atoms with Crippen LogP contribution in [-0.2, 0) is 6.42 Å². The maximum absolute atomic E-state index is 5.45. The number of H-pyrrole nitrogens is 1. The van der Waals surface area contributed by atoms with Gasteiger partial charge < -0.3 is 16.0 Å². The second-order valence-electron chi connectivity index (χ2n) is 4.49. The quantitative estimate of drug-likeness (QED) is 0.515. The Kier molecular flexibility index (Phi) is 8.59. The fourth-order valence-corrected chi connectivity index (χ4v) is 1.87. The van der Waals surface area contributed by atoms with Crippen LogP contribution in [0.1, 0.15) is 44.2 Å². The number of nitrogens with zero attached hydrogens (tertiary/aromatic N) is 1. The van der Waals surface area contributed by atoms with Crippen LogP contribution in [-0.4, -0.2) is 29.6 Å². The van der Waals surface area contributed by atoms with Crippen molar-refractivity contribution in [3.63, 3.8) is 0 Å². The van der Waals surface area contributed by atoms with Crippen LogP contribution in [0.5, 0.6) is 0 Å². The van der Waals surface area contributed by atoms with E-state index in [4.69, 9.17) is 5.73 Å². The summed E-state index contributed by atoms with van der Waals surface area (Å²) in [5.74, 6) is 0. The van der Waals surface area contributed by atoms with Gasteiger partial charge in [-0.15, -0.1) is 0 Å². The zero-order valence-electron chi connectivity index (χ0n) is 10.8. The van der Waals surface area contributed by atoms with E-state index in [2.05, 4.69) is 15.3 Å². The first-order chi connectivity index (χ1) is 8.43. The number of imidazole rings is 1. The highest BCUT2D eigenvalue weighted by molar-refractivity contribution is 4.94. The van der Waals surface area contributed by atoms with Gasteiger partial charge in [0.05, 0.1) is 6.33 Å². The Morgan fingerprint density at radius 3 is 2.53 bits per heavy atom. The minimum Gasteiger partial charge on any atom is -0.348 e. The van der Waals surface area contributed by atoms with Crippen molar-refractivity contribution < 1.29 is 0 Å². The standard InChI is InChI=1S/C13H26N4/c14-8-5-3-1-2-4-6-9-15-10-7-13-11-16-12-17-13/h11-12,15H,1-10,14H2,(H,16,17). The minimum absolute atomic E-state index is 0.842. The summed E-state index contributed by atoms with van der Waals surface area (Å²) < 4.78 is 0. The monoisotopic (exact) mass is 238 g/mol. The van der Waals surface area contributed by atoms with E-state index < -0.39 is 0 Å². The molecule has 0 aliphatic heterocycles. The fourth-order valence-electron chi connectivity index (χ4n) is 1.87. The molecule has 0 unspecified atom stereocenters. The summed E-state index contributed by atoms with van der Waals surface area (Å²) in [5.41, 5.74) is 6.66. The highest BCUT2D eigenvalue weighted by Gasteiger charge is 1.94. The molecule has 0 bridgehead atoms. The maximum Gasteiger partial charge on any atom is 0.0921 e. The van der Waals surface area contributed by atoms with Crippen molar-refractivity contribution in [1.82, 2.24) is 15.3 Å². The third-order valence-electron chi connectivity index (χ3n) is 2.93. The Morgan fingerprint density at radius 2 is 1.82 bits per heavy atom. The number of nitrogens with two attached hydrogens (primary N) is 1. The summed E-state index contributed by atoms with van der Waals surface area (Å²) in [6.45, 7) is 3.01. The molecule has 0 amide bonds. The predicted octanol–water partition coefficient (Wildman–Crippen LogP) is 1.84. The third-order valence-corrected chi connectivity index (χ3v) is 2.93. The molecule has 4 heteroatoms. The molecule has 1 heterocycles. The molecule has 0 saturated carbocycles. The van der Waals surface area contributed by atoms with Gasteiger partial charge in [-0.1, -0.05) is 25.7 Å². The largest absolute Gasteiger partial charge is 0.348 e. The van der Waals surface area contributed by atoms with Crippen LogP contribution in [0.2, 0.25) is 0 Å². The van der Waals surface area contributed by atoms with E-state index in [0.717, 1.165) is 26.1 Å². The third kappa shape index (κ3) is 7.94. The van der Waals surface area contributed by atoms with Gasteiger partial charge in [-0.05, 0) is 25.9 Å². The van der Waals surface area contributed by atoms with Crippen LogP contribution < -0.4 is 11.1 Å². The van der Waals surface area contributed by atoms with Crippen LogP contribution in [0, 0.1) is 0 Å². The molecular weight excluding hydrogens is 212 g/mol. The maximum atomic E-state index is 5.45. The van der Waals surface area contributed by atoms with E-state index in [1.807, 2.05) is 6.20 Å². The van der Waals surface area contributed by atoms with Crippen molar-refractivity contribution >= 4 is 0 Å².